The van der Waals surface area contributed by atoms with Gasteiger partial charge in [0, 0.05) is 24.5 Å². The van der Waals surface area contributed by atoms with E-state index in [-0.39, 0.29) is 35.8 Å². The van der Waals surface area contributed by atoms with Crippen LogP contribution in [0.5, 0.6) is 0 Å². The summed E-state index contributed by atoms with van der Waals surface area (Å²) in [7, 11) is 0. The van der Waals surface area contributed by atoms with Crippen LogP contribution in [0, 0.1) is 11.7 Å². The van der Waals surface area contributed by atoms with Crippen molar-refractivity contribution >= 4 is 40.5 Å². The van der Waals surface area contributed by atoms with Crippen molar-refractivity contribution < 1.29 is 23.5 Å². The Hall–Kier alpha value is -2.43. The Morgan fingerprint density at radius 1 is 1.24 bits per heavy atom. The summed E-state index contributed by atoms with van der Waals surface area (Å²) in [6.07, 6.45) is 8.25. The number of amides is 2. The Morgan fingerprint density at radius 2 is 2.03 bits per heavy atom. The van der Waals surface area contributed by atoms with Crippen molar-refractivity contribution in [3.05, 3.63) is 35.5 Å². The molecule has 4 heterocycles. The highest BCUT2D eigenvalue weighted by atomic mass is 35.5. The molecule has 1 unspecified atom stereocenters. The number of ketones is 1. The summed E-state index contributed by atoms with van der Waals surface area (Å²) in [4.78, 5) is 49.4. The molecule has 11 heteroatoms. The molecule has 1 saturated carbocycles. The standard InChI is InChI=1S/C23H24ClFN4O4S/c24-15-10-29(19-16(30)11-33-20(15)19)23(32)18(12-4-2-1-3-5-12)28-21(31)22-27-9-17(34-22)13-6-14(25)8-26-7-13/h6-9,12,15,18-20H,1-5,10-11H2,(H,28,31)/t15-,18?,19+,20+/m0/s1. The summed E-state index contributed by atoms with van der Waals surface area (Å²) in [5, 5.41) is 2.60. The Balaban J connectivity index is 1.37. The maximum absolute atomic E-state index is 13.7. The predicted molar refractivity (Wildman–Crippen MR) is 123 cm³/mol. The zero-order valence-electron chi connectivity index (χ0n) is 18.3. The maximum atomic E-state index is 13.7. The number of Topliss-reactive ketones (excluding diaryl/α,β-unsaturated/α-hetero) is 1. The highest BCUT2D eigenvalue weighted by molar-refractivity contribution is 7.17. The van der Waals surface area contributed by atoms with E-state index >= 15 is 0 Å². The third-order valence-electron chi connectivity index (χ3n) is 6.77. The van der Waals surface area contributed by atoms with Crippen LogP contribution in [0.1, 0.15) is 41.9 Å². The van der Waals surface area contributed by atoms with Crippen molar-refractivity contribution in [2.45, 2.75) is 55.7 Å². The molecule has 180 valence electrons. The SMILES string of the molecule is O=C(NC(C(=O)N1C[C@H](Cl)[C@H]2OCC(=O)[C@H]21)C1CCCCC1)c1ncc(-c2cncc(F)c2)s1. The smallest absolute Gasteiger partial charge is 0.280 e. The molecule has 0 bridgehead atoms. The van der Waals surface area contributed by atoms with Gasteiger partial charge in [-0.3, -0.25) is 19.4 Å². The molecule has 34 heavy (non-hydrogen) atoms. The van der Waals surface area contributed by atoms with E-state index in [0.717, 1.165) is 49.6 Å². The Bertz CT molecular complexity index is 1110. The average Bonchev–Trinajstić information content (AvgIpc) is 3.56. The number of hydrogen-bond acceptors (Lipinski definition) is 7. The summed E-state index contributed by atoms with van der Waals surface area (Å²) in [5.41, 5.74) is 0.521. The van der Waals surface area contributed by atoms with Gasteiger partial charge in [0.05, 0.1) is 16.5 Å². The average molecular weight is 507 g/mol. The molecule has 2 aromatic rings. The first-order valence-electron chi connectivity index (χ1n) is 11.4. The lowest BCUT2D eigenvalue weighted by Crippen LogP contribution is -2.55. The van der Waals surface area contributed by atoms with E-state index < -0.39 is 35.3 Å². The van der Waals surface area contributed by atoms with Gasteiger partial charge in [0.15, 0.2) is 10.8 Å². The third-order valence-corrected chi connectivity index (χ3v) is 8.20. The van der Waals surface area contributed by atoms with Gasteiger partial charge >= 0.3 is 0 Å². The van der Waals surface area contributed by atoms with Crippen molar-refractivity contribution in [2.24, 2.45) is 5.92 Å². The van der Waals surface area contributed by atoms with Gasteiger partial charge in [-0.15, -0.1) is 22.9 Å². The minimum atomic E-state index is -0.785. The quantitative estimate of drug-likeness (QED) is 0.626. The second-order valence-electron chi connectivity index (χ2n) is 8.96. The zero-order valence-corrected chi connectivity index (χ0v) is 19.9. The van der Waals surface area contributed by atoms with E-state index in [9.17, 15) is 18.8 Å². The van der Waals surface area contributed by atoms with Crippen LogP contribution in [0.3, 0.4) is 0 Å². The molecular weight excluding hydrogens is 483 g/mol. The largest absolute Gasteiger partial charge is 0.366 e. The Labute approximate surface area is 204 Å². The number of carbonyl (C=O) groups excluding carboxylic acids is 3. The number of alkyl halides is 1. The molecule has 3 aliphatic rings. The number of carbonyl (C=O) groups is 3. The number of nitrogens with zero attached hydrogens (tertiary/aromatic N) is 3. The van der Waals surface area contributed by atoms with Crippen LogP contribution in [-0.4, -0.2) is 69.2 Å². The highest BCUT2D eigenvalue weighted by Crippen LogP contribution is 2.34. The fraction of sp³-hybridized carbons (Fsp3) is 0.522. The maximum Gasteiger partial charge on any atom is 0.280 e. The summed E-state index contributed by atoms with van der Waals surface area (Å²) < 4.78 is 19.0. The number of rotatable bonds is 5. The normalized spacial score (nSPS) is 25.9. The monoisotopic (exact) mass is 506 g/mol. The van der Waals surface area contributed by atoms with Crippen molar-refractivity contribution in [3.63, 3.8) is 0 Å². The minimum Gasteiger partial charge on any atom is -0.366 e. The van der Waals surface area contributed by atoms with Crippen LogP contribution in [-0.2, 0) is 14.3 Å². The number of hydrogen-bond donors (Lipinski definition) is 1. The number of aromatic nitrogens is 2. The molecule has 3 fully saturated rings. The van der Waals surface area contributed by atoms with E-state index in [4.69, 9.17) is 16.3 Å². The number of fused-ring (bicyclic) bond motifs is 1. The topological polar surface area (TPSA) is 101 Å². The van der Waals surface area contributed by atoms with Gasteiger partial charge in [0.25, 0.3) is 5.91 Å². The van der Waals surface area contributed by atoms with E-state index in [0.29, 0.717) is 10.4 Å². The second-order valence-corrected chi connectivity index (χ2v) is 10.6. The second kappa shape index (κ2) is 9.67. The van der Waals surface area contributed by atoms with E-state index in [1.807, 2.05) is 0 Å². The lowest BCUT2D eigenvalue weighted by molar-refractivity contribution is -0.139. The molecule has 1 N–H and O–H groups in total. The molecule has 0 aromatic carbocycles. The van der Waals surface area contributed by atoms with Crippen molar-refractivity contribution in [1.82, 2.24) is 20.2 Å². The number of thiazole rings is 1. The zero-order chi connectivity index (χ0) is 23.8. The first-order chi connectivity index (χ1) is 16.4. The molecule has 0 spiro atoms. The molecular formula is C23H24ClFN4O4S. The Morgan fingerprint density at radius 3 is 2.79 bits per heavy atom. The summed E-state index contributed by atoms with van der Waals surface area (Å²) in [5.74, 6) is -1.46. The fourth-order valence-electron chi connectivity index (χ4n) is 5.11. The van der Waals surface area contributed by atoms with Crippen molar-refractivity contribution in [3.8, 4) is 10.4 Å². The number of pyridine rings is 1. The lowest BCUT2D eigenvalue weighted by atomic mass is 9.83. The van der Waals surface area contributed by atoms with Crippen LogP contribution in [0.25, 0.3) is 10.4 Å². The first kappa shape index (κ1) is 23.3. The third kappa shape index (κ3) is 4.46. The number of halogens is 2. The molecule has 2 aliphatic heterocycles. The fourth-order valence-corrected chi connectivity index (χ4v) is 6.27. The highest BCUT2D eigenvalue weighted by Gasteiger charge is 2.53. The summed E-state index contributed by atoms with van der Waals surface area (Å²) >= 11 is 7.48. The van der Waals surface area contributed by atoms with Crippen LogP contribution >= 0.6 is 22.9 Å². The summed E-state index contributed by atoms with van der Waals surface area (Å²) in [6.45, 7) is 0.147. The van der Waals surface area contributed by atoms with Gasteiger partial charge < -0.3 is 15.0 Å². The van der Waals surface area contributed by atoms with Gasteiger partial charge in [-0.2, -0.15) is 0 Å². The predicted octanol–water partition coefficient (Wildman–Crippen LogP) is 2.81. The van der Waals surface area contributed by atoms with Gasteiger partial charge in [0.2, 0.25) is 5.91 Å². The molecule has 4 atom stereocenters. The van der Waals surface area contributed by atoms with Gasteiger partial charge in [0.1, 0.15) is 30.6 Å². The van der Waals surface area contributed by atoms with Gasteiger partial charge in [-0.25, -0.2) is 9.37 Å². The van der Waals surface area contributed by atoms with Crippen molar-refractivity contribution in [2.75, 3.05) is 13.2 Å². The molecule has 2 aromatic heterocycles. The number of nitrogens with one attached hydrogen (secondary N) is 1. The van der Waals surface area contributed by atoms with E-state index in [1.54, 1.807) is 0 Å². The molecule has 1 aliphatic carbocycles. The molecule has 5 rings (SSSR count). The summed E-state index contributed by atoms with van der Waals surface area (Å²) in [6, 6.07) is -0.166. The Kier molecular flexibility index (Phi) is 6.63. The van der Waals surface area contributed by atoms with E-state index in [1.165, 1.54) is 23.4 Å². The van der Waals surface area contributed by atoms with Gasteiger partial charge in [-0.05, 0) is 24.8 Å². The van der Waals surface area contributed by atoms with Gasteiger partial charge in [-0.1, -0.05) is 19.3 Å². The van der Waals surface area contributed by atoms with Crippen LogP contribution < -0.4 is 5.32 Å². The van der Waals surface area contributed by atoms with Crippen LogP contribution in [0.15, 0.2) is 24.7 Å². The molecule has 2 saturated heterocycles. The number of likely N-dealkylation sites (tertiary alicyclic amines) is 1. The van der Waals surface area contributed by atoms with E-state index in [2.05, 4.69) is 15.3 Å². The first-order valence-corrected chi connectivity index (χ1v) is 12.6. The molecule has 8 nitrogen and oxygen atoms in total. The van der Waals surface area contributed by atoms with Crippen molar-refractivity contribution in [1.29, 1.82) is 0 Å². The minimum absolute atomic E-state index is 0.0395. The number of ether oxygens (including phenoxy) is 1. The lowest BCUT2D eigenvalue weighted by Gasteiger charge is -2.34. The molecule has 0 radical (unpaired) electrons. The van der Waals surface area contributed by atoms with Crippen LogP contribution in [0.2, 0.25) is 0 Å². The van der Waals surface area contributed by atoms with Crippen LogP contribution in [0.4, 0.5) is 4.39 Å². The molecule has 2 amide bonds.